The van der Waals surface area contributed by atoms with Gasteiger partial charge in [0.1, 0.15) is 5.82 Å². The van der Waals surface area contributed by atoms with E-state index in [4.69, 9.17) is 11.6 Å². The van der Waals surface area contributed by atoms with Crippen LogP contribution in [0.5, 0.6) is 0 Å². The van der Waals surface area contributed by atoms with Crippen molar-refractivity contribution in [2.75, 3.05) is 39.3 Å². The van der Waals surface area contributed by atoms with Gasteiger partial charge in [0.05, 0.1) is 5.56 Å². The fourth-order valence-electron chi connectivity index (χ4n) is 3.52. The highest BCUT2D eigenvalue weighted by Crippen LogP contribution is 2.29. The van der Waals surface area contributed by atoms with Crippen molar-refractivity contribution in [1.29, 1.82) is 0 Å². The summed E-state index contributed by atoms with van der Waals surface area (Å²) >= 11 is 6.10. The lowest BCUT2D eigenvalue weighted by Gasteiger charge is -2.34. The molecule has 31 heavy (non-hydrogen) atoms. The monoisotopic (exact) mass is 457 g/mol. The van der Waals surface area contributed by atoms with Gasteiger partial charge in [-0.05, 0) is 43.3 Å². The number of rotatable bonds is 7. The average molecular weight is 458 g/mol. The van der Waals surface area contributed by atoms with Gasteiger partial charge in [-0.1, -0.05) is 23.7 Å². The highest BCUT2D eigenvalue weighted by Gasteiger charge is 2.30. The Labute approximate surface area is 183 Å². The van der Waals surface area contributed by atoms with E-state index < -0.39 is 17.6 Å². The third-order valence-electron chi connectivity index (χ3n) is 5.30. The maximum Gasteiger partial charge on any atom is 0.416 e. The van der Waals surface area contributed by atoms with Gasteiger partial charge in [0.2, 0.25) is 0 Å². The summed E-state index contributed by atoms with van der Waals surface area (Å²) in [7, 11) is 0. The molecule has 1 aliphatic rings. The molecule has 2 aromatic carbocycles. The topological polar surface area (TPSA) is 35.6 Å². The Balaban J connectivity index is 1.37. The molecule has 1 saturated heterocycles. The van der Waals surface area contributed by atoms with E-state index in [0.717, 1.165) is 44.9 Å². The molecule has 168 valence electrons. The summed E-state index contributed by atoms with van der Waals surface area (Å²) in [4.78, 5) is 16.5. The van der Waals surface area contributed by atoms with E-state index in [0.29, 0.717) is 30.1 Å². The summed E-state index contributed by atoms with van der Waals surface area (Å²) in [6, 6.07) is 9.07. The van der Waals surface area contributed by atoms with E-state index in [1.54, 1.807) is 12.1 Å². The van der Waals surface area contributed by atoms with Crippen LogP contribution in [0.2, 0.25) is 5.02 Å². The molecule has 3 rings (SSSR count). The zero-order valence-electron chi connectivity index (χ0n) is 16.9. The summed E-state index contributed by atoms with van der Waals surface area (Å²) in [5, 5.41) is 3.10. The smallest absolute Gasteiger partial charge is 0.352 e. The molecule has 1 fully saturated rings. The zero-order valence-corrected chi connectivity index (χ0v) is 17.6. The standard InChI is InChI=1S/C22H24ClF4N3O/c23-19-6-2-7-20(24)18(19)15-30-12-10-29(11-13-30)9-3-8-28-21(31)16-4-1-5-17(14-16)22(25,26)27/h1-2,4-7,14H,3,8-13,15H2,(H,28,31). The fraction of sp³-hybridized carbons (Fsp3) is 0.409. The zero-order chi connectivity index (χ0) is 22.4. The van der Waals surface area contributed by atoms with Crippen LogP contribution in [0.25, 0.3) is 0 Å². The van der Waals surface area contributed by atoms with Crippen LogP contribution in [-0.4, -0.2) is 55.0 Å². The van der Waals surface area contributed by atoms with E-state index in [1.807, 2.05) is 0 Å². The number of benzene rings is 2. The molecule has 1 amide bonds. The Morgan fingerprint density at radius 2 is 1.71 bits per heavy atom. The van der Waals surface area contributed by atoms with Crippen LogP contribution < -0.4 is 5.32 Å². The van der Waals surface area contributed by atoms with E-state index in [9.17, 15) is 22.4 Å². The van der Waals surface area contributed by atoms with Crippen molar-refractivity contribution in [3.63, 3.8) is 0 Å². The summed E-state index contributed by atoms with van der Waals surface area (Å²) < 4.78 is 52.2. The molecule has 1 N–H and O–H groups in total. The molecule has 1 heterocycles. The first-order chi connectivity index (χ1) is 14.7. The van der Waals surface area contributed by atoms with Crippen molar-refractivity contribution in [2.24, 2.45) is 0 Å². The van der Waals surface area contributed by atoms with Gasteiger partial charge < -0.3 is 10.2 Å². The molecule has 0 atom stereocenters. The van der Waals surface area contributed by atoms with Crippen LogP contribution >= 0.6 is 11.6 Å². The van der Waals surface area contributed by atoms with Gasteiger partial charge in [-0.3, -0.25) is 9.69 Å². The van der Waals surface area contributed by atoms with E-state index >= 15 is 0 Å². The first-order valence-electron chi connectivity index (χ1n) is 10.1. The van der Waals surface area contributed by atoms with E-state index in [2.05, 4.69) is 15.1 Å². The van der Waals surface area contributed by atoms with E-state index in [1.165, 1.54) is 18.2 Å². The predicted molar refractivity (Wildman–Crippen MR) is 112 cm³/mol. The number of hydrogen-bond acceptors (Lipinski definition) is 3. The third kappa shape index (κ3) is 6.66. The maximum atomic E-state index is 13.9. The van der Waals surface area contributed by atoms with Crippen molar-refractivity contribution in [3.8, 4) is 0 Å². The molecule has 4 nitrogen and oxygen atoms in total. The molecular weight excluding hydrogens is 434 g/mol. The highest BCUT2D eigenvalue weighted by molar-refractivity contribution is 6.31. The van der Waals surface area contributed by atoms with Gasteiger partial charge in [-0.15, -0.1) is 0 Å². The SMILES string of the molecule is O=C(NCCCN1CCN(Cc2c(F)cccc2Cl)CC1)c1cccc(C(F)(F)F)c1. The Morgan fingerprint density at radius 3 is 2.39 bits per heavy atom. The molecule has 0 unspecified atom stereocenters. The summed E-state index contributed by atoms with van der Waals surface area (Å²) in [6.45, 7) is 4.79. The highest BCUT2D eigenvalue weighted by atomic mass is 35.5. The predicted octanol–water partition coefficient (Wildman–Crippen LogP) is 4.44. The summed E-state index contributed by atoms with van der Waals surface area (Å²) in [6.07, 6.45) is -3.79. The second kappa shape index (κ2) is 10.4. The van der Waals surface area contributed by atoms with Gasteiger partial charge in [0, 0.05) is 55.4 Å². The van der Waals surface area contributed by atoms with Crippen molar-refractivity contribution >= 4 is 17.5 Å². The number of alkyl halides is 3. The molecule has 9 heteroatoms. The van der Waals surface area contributed by atoms with Crippen LogP contribution in [0.3, 0.4) is 0 Å². The Bertz CT molecular complexity index is 878. The number of amides is 1. The number of nitrogens with one attached hydrogen (secondary N) is 1. The van der Waals surface area contributed by atoms with Crippen LogP contribution in [-0.2, 0) is 12.7 Å². The molecule has 0 radical (unpaired) electrons. The Morgan fingerprint density at radius 1 is 1.03 bits per heavy atom. The first kappa shape index (κ1) is 23.5. The summed E-state index contributed by atoms with van der Waals surface area (Å²) in [5.41, 5.74) is -0.333. The Kier molecular flexibility index (Phi) is 7.91. The van der Waals surface area contributed by atoms with Gasteiger partial charge in [0.25, 0.3) is 5.91 Å². The minimum atomic E-state index is -4.48. The average Bonchev–Trinajstić information content (AvgIpc) is 2.74. The minimum Gasteiger partial charge on any atom is -0.352 e. The maximum absolute atomic E-state index is 13.9. The Hall–Kier alpha value is -2.16. The normalized spacial score (nSPS) is 15.8. The molecule has 0 spiro atoms. The van der Waals surface area contributed by atoms with Gasteiger partial charge in [-0.2, -0.15) is 13.2 Å². The summed E-state index contributed by atoms with van der Waals surface area (Å²) in [5.74, 6) is -0.816. The van der Waals surface area contributed by atoms with Crippen molar-refractivity contribution < 1.29 is 22.4 Å². The first-order valence-corrected chi connectivity index (χ1v) is 10.4. The molecule has 0 saturated carbocycles. The lowest BCUT2D eigenvalue weighted by Crippen LogP contribution is -2.46. The molecular formula is C22H24ClF4N3O. The third-order valence-corrected chi connectivity index (χ3v) is 5.65. The molecule has 0 aliphatic carbocycles. The number of nitrogens with zero attached hydrogens (tertiary/aromatic N) is 2. The van der Waals surface area contributed by atoms with Crippen LogP contribution in [0, 0.1) is 5.82 Å². The number of hydrogen-bond donors (Lipinski definition) is 1. The van der Waals surface area contributed by atoms with Crippen LogP contribution in [0.15, 0.2) is 42.5 Å². The lowest BCUT2D eigenvalue weighted by atomic mass is 10.1. The molecule has 0 bridgehead atoms. The van der Waals surface area contributed by atoms with Crippen molar-refractivity contribution in [1.82, 2.24) is 15.1 Å². The molecule has 2 aromatic rings. The molecule has 1 aliphatic heterocycles. The van der Waals surface area contributed by atoms with Crippen molar-refractivity contribution in [2.45, 2.75) is 19.1 Å². The van der Waals surface area contributed by atoms with Gasteiger partial charge in [0.15, 0.2) is 0 Å². The van der Waals surface area contributed by atoms with Gasteiger partial charge >= 0.3 is 6.18 Å². The quantitative estimate of drug-likeness (QED) is 0.493. The number of carbonyl (C=O) groups excluding carboxylic acids is 1. The number of halogens is 5. The molecule has 0 aromatic heterocycles. The largest absolute Gasteiger partial charge is 0.416 e. The van der Waals surface area contributed by atoms with E-state index in [-0.39, 0.29) is 11.4 Å². The second-order valence-electron chi connectivity index (χ2n) is 7.51. The van der Waals surface area contributed by atoms with Crippen molar-refractivity contribution in [3.05, 3.63) is 70.0 Å². The van der Waals surface area contributed by atoms with Crippen LogP contribution in [0.4, 0.5) is 17.6 Å². The minimum absolute atomic E-state index is 0.00440. The van der Waals surface area contributed by atoms with Crippen LogP contribution in [0.1, 0.15) is 27.9 Å². The fourth-order valence-corrected chi connectivity index (χ4v) is 3.74. The van der Waals surface area contributed by atoms with Gasteiger partial charge in [-0.25, -0.2) is 4.39 Å². The number of piperazine rings is 1. The second-order valence-corrected chi connectivity index (χ2v) is 7.91. The lowest BCUT2D eigenvalue weighted by molar-refractivity contribution is -0.137. The number of carbonyl (C=O) groups is 1.